The van der Waals surface area contributed by atoms with Crippen LogP contribution in [0.4, 0.5) is 37.6 Å². The van der Waals surface area contributed by atoms with Crippen LogP contribution in [-0.2, 0) is 23.7 Å². The number of nitrogens with zero attached hydrogens (tertiary/aromatic N) is 8. The van der Waals surface area contributed by atoms with Gasteiger partial charge in [-0.25, -0.2) is 13.8 Å². The highest BCUT2D eigenvalue weighted by Gasteiger charge is 2.51. The van der Waals surface area contributed by atoms with Gasteiger partial charge in [-0.15, -0.1) is 0 Å². The third kappa shape index (κ3) is 6.69. The van der Waals surface area contributed by atoms with Crippen LogP contribution in [0.1, 0.15) is 56.6 Å². The van der Waals surface area contributed by atoms with Gasteiger partial charge >= 0.3 is 5.92 Å². The van der Waals surface area contributed by atoms with E-state index in [2.05, 4.69) is 47.8 Å². The van der Waals surface area contributed by atoms with E-state index >= 15 is 8.78 Å². The lowest BCUT2D eigenvalue weighted by Crippen LogP contribution is -2.69. The molecule has 324 valence electrons. The van der Waals surface area contributed by atoms with Crippen molar-refractivity contribution in [1.29, 1.82) is 0 Å². The van der Waals surface area contributed by atoms with E-state index in [-0.39, 0.29) is 29.2 Å². The lowest BCUT2D eigenvalue weighted by atomic mass is 9.85. The number of rotatable bonds is 8. The largest absolute Gasteiger partial charge is 0.480 e. The standard InChI is InChI=1S/C44H48ClF2N11O4/c1-54-32-10-8-25(16-30(32)36-38(42(54)61)62-22-44(46,47)39(51-36)24-6-7-24)49-40-31(45)18-48-43(52-40)57-14-12-23(13-15-57)19-56-20-26-17-27(21-56)58(26)33-5-3-4-28-35(53-55(2)37(28)33)29-9-11-34(59)50-41(29)60/h3-5,8,10,16,18,23-24,26-27,29,39,51H,6-7,9,11-15,17,19-22H2,1-2H3,(H,48,49,52)(H,50,59,60). The summed E-state index contributed by atoms with van der Waals surface area (Å²) >= 11 is 6.65. The van der Waals surface area contributed by atoms with Crippen molar-refractivity contribution in [3.05, 3.63) is 63.7 Å². The molecule has 2 amide bonds. The molecule has 18 heteroatoms. The van der Waals surface area contributed by atoms with Crippen LogP contribution in [0.3, 0.4) is 0 Å². The monoisotopic (exact) mass is 867 g/mol. The average Bonchev–Trinajstić information content (AvgIpc) is 4.05. The molecule has 0 spiro atoms. The number of anilines is 5. The molecule has 6 fully saturated rings. The SMILES string of the molecule is Cn1nc(C2CCC(=O)NC2=O)c2cccc(N3C4CC3CN(CC3CCN(c5ncc(Cl)c(Nc6ccc7c(c6)c6c(c(=O)n7C)OCC(F)(F)C(C7CC7)N6)n5)CC3)C4)c21. The first kappa shape index (κ1) is 39.3. The van der Waals surface area contributed by atoms with Crippen molar-refractivity contribution in [3.8, 4) is 5.75 Å². The van der Waals surface area contributed by atoms with Gasteiger partial charge in [0.15, 0.2) is 12.4 Å². The summed E-state index contributed by atoms with van der Waals surface area (Å²) < 4.78 is 39.2. The Labute approximate surface area is 360 Å². The normalized spacial score (nSPS) is 25.2. The van der Waals surface area contributed by atoms with Gasteiger partial charge in [0, 0.05) is 81.8 Å². The second-order valence-electron chi connectivity index (χ2n) is 18.1. The van der Waals surface area contributed by atoms with Crippen LogP contribution in [0.25, 0.3) is 21.8 Å². The van der Waals surface area contributed by atoms with Crippen LogP contribution in [0.15, 0.2) is 47.4 Å². The Kier molecular flexibility index (Phi) is 9.37. The average molecular weight is 868 g/mol. The molecule has 1 saturated carbocycles. The quantitative estimate of drug-likeness (QED) is 0.168. The van der Waals surface area contributed by atoms with Gasteiger partial charge < -0.3 is 29.7 Å². The molecule has 1 aliphatic carbocycles. The number of hydrogen-bond acceptors (Lipinski definition) is 12. The van der Waals surface area contributed by atoms with E-state index in [0.717, 1.165) is 74.3 Å². The Bertz CT molecular complexity index is 2700. The number of piperazine rings is 1. The van der Waals surface area contributed by atoms with Gasteiger partial charge in [0.2, 0.25) is 23.5 Å². The van der Waals surface area contributed by atoms with Crippen LogP contribution in [-0.4, -0.2) is 104 Å². The molecule has 9 heterocycles. The second kappa shape index (κ2) is 14.8. The van der Waals surface area contributed by atoms with E-state index in [9.17, 15) is 14.4 Å². The first-order valence-corrected chi connectivity index (χ1v) is 22.1. The van der Waals surface area contributed by atoms with Crippen molar-refractivity contribution in [1.82, 2.24) is 34.5 Å². The number of imide groups is 1. The molecule has 7 aliphatic rings. The number of hydrogen-bond donors (Lipinski definition) is 3. The minimum absolute atomic E-state index is 0.105. The Morgan fingerprint density at radius 1 is 1.00 bits per heavy atom. The summed E-state index contributed by atoms with van der Waals surface area (Å²) in [5, 5.41) is 15.6. The number of aromatic nitrogens is 5. The third-order valence-corrected chi connectivity index (χ3v) is 14.3. The van der Waals surface area contributed by atoms with Gasteiger partial charge in [-0.3, -0.25) is 29.3 Å². The first-order chi connectivity index (χ1) is 29.9. The van der Waals surface area contributed by atoms with Gasteiger partial charge in [0.1, 0.15) is 5.02 Å². The molecule has 2 aromatic carbocycles. The van der Waals surface area contributed by atoms with Crippen molar-refractivity contribution in [2.75, 3.05) is 59.8 Å². The molecule has 4 atom stereocenters. The highest BCUT2D eigenvalue weighted by atomic mass is 35.5. The highest BCUT2D eigenvalue weighted by molar-refractivity contribution is 6.33. The van der Waals surface area contributed by atoms with Gasteiger partial charge in [-0.1, -0.05) is 23.7 Å². The molecule has 3 aromatic heterocycles. The summed E-state index contributed by atoms with van der Waals surface area (Å²) in [6, 6.07) is 11.4. The fourth-order valence-corrected chi connectivity index (χ4v) is 10.8. The molecule has 5 aromatic rings. The number of piperidine rings is 3. The Hall–Kier alpha value is -5.55. The molecule has 0 radical (unpaired) electrons. The summed E-state index contributed by atoms with van der Waals surface area (Å²) in [6.45, 7) is 3.78. The zero-order valence-corrected chi connectivity index (χ0v) is 35.3. The number of para-hydroxylation sites is 1. The summed E-state index contributed by atoms with van der Waals surface area (Å²) in [5.74, 6) is -2.80. The molecular formula is C44H48ClF2N11O4. The molecule has 2 bridgehead atoms. The summed E-state index contributed by atoms with van der Waals surface area (Å²) in [5.41, 5.74) is 3.94. The predicted octanol–water partition coefficient (Wildman–Crippen LogP) is 5.53. The molecule has 62 heavy (non-hydrogen) atoms. The minimum Gasteiger partial charge on any atom is -0.480 e. The van der Waals surface area contributed by atoms with Gasteiger partial charge in [-0.2, -0.15) is 10.1 Å². The zero-order valence-electron chi connectivity index (χ0n) is 34.5. The number of benzene rings is 2. The van der Waals surface area contributed by atoms with Crippen molar-refractivity contribution >= 4 is 74.0 Å². The van der Waals surface area contributed by atoms with Gasteiger partial charge in [0.25, 0.3) is 5.56 Å². The molecule has 5 saturated heterocycles. The lowest BCUT2D eigenvalue weighted by molar-refractivity contribution is -0.134. The van der Waals surface area contributed by atoms with E-state index < -0.39 is 30.0 Å². The fourth-order valence-electron chi connectivity index (χ4n) is 10.7. The molecule has 6 aliphatic heterocycles. The number of ether oxygens (including phenoxy) is 1. The Morgan fingerprint density at radius 3 is 2.55 bits per heavy atom. The van der Waals surface area contributed by atoms with Crippen molar-refractivity contribution in [3.63, 3.8) is 0 Å². The highest BCUT2D eigenvalue weighted by Crippen LogP contribution is 2.46. The van der Waals surface area contributed by atoms with Crippen molar-refractivity contribution in [2.45, 2.75) is 74.9 Å². The Balaban J connectivity index is 0.742. The second-order valence-corrected chi connectivity index (χ2v) is 18.5. The first-order valence-electron chi connectivity index (χ1n) is 21.7. The number of nitrogens with one attached hydrogen (secondary N) is 3. The molecular weight excluding hydrogens is 820 g/mol. The van der Waals surface area contributed by atoms with Crippen molar-refractivity contribution < 1.29 is 23.1 Å². The van der Waals surface area contributed by atoms with Gasteiger partial charge in [0.05, 0.1) is 46.3 Å². The summed E-state index contributed by atoms with van der Waals surface area (Å²) in [6.07, 6.45) is 6.96. The zero-order chi connectivity index (χ0) is 42.6. The van der Waals surface area contributed by atoms with E-state index in [1.165, 1.54) is 4.57 Å². The van der Waals surface area contributed by atoms with E-state index in [1.807, 2.05) is 29.9 Å². The molecule has 15 nitrogen and oxygen atoms in total. The number of alkyl halides is 2. The lowest BCUT2D eigenvalue weighted by Gasteiger charge is -2.58. The maximum absolute atomic E-state index is 15.2. The summed E-state index contributed by atoms with van der Waals surface area (Å²) in [4.78, 5) is 54.7. The maximum atomic E-state index is 15.2. The van der Waals surface area contributed by atoms with Crippen LogP contribution in [0.5, 0.6) is 5.75 Å². The number of carbonyl (C=O) groups is 2. The van der Waals surface area contributed by atoms with E-state index in [4.69, 9.17) is 26.4 Å². The molecule has 12 rings (SSSR count). The van der Waals surface area contributed by atoms with Crippen LogP contribution < -0.4 is 36.0 Å². The van der Waals surface area contributed by atoms with E-state index in [0.29, 0.717) is 77.1 Å². The smallest absolute Gasteiger partial charge is 0.301 e. The van der Waals surface area contributed by atoms with Crippen LogP contribution in [0, 0.1) is 11.8 Å². The third-order valence-electron chi connectivity index (χ3n) is 14.0. The van der Waals surface area contributed by atoms with Crippen LogP contribution >= 0.6 is 11.6 Å². The predicted molar refractivity (Wildman–Crippen MR) is 232 cm³/mol. The van der Waals surface area contributed by atoms with Gasteiger partial charge in [-0.05, 0) is 74.6 Å². The number of amides is 2. The number of halogens is 3. The topological polar surface area (TPSA) is 155 Å². The van der Waals surface area contributed by atoms with Crippen LogP contribution in [0.2, 0.25) is 5.02 Å². The van der Waals surface area contributed by atoms with Crippen molar-refractivity contribution in [2.24, 2.45) is 25.9 Å². The number of fused-ring (bicyclic) bond motifs is 6. The number of pyridine rings is 1. The molecule has 4 unspecified atom stereocenters. The summed E-state index contributed by atoms with van der Waals surface area (Å²) in [7, 11) is 3.55. The number of carbonyl (C=O) groups excluding carboxylic acids is 2. The fraction of sp³-hybridized carbons (Fsp3) is 0.500. The maximum Gasteiger partial charge on any atom is 0.301 e. The Morgan fingerprint density at radius 2 is 1.79 bits per heavy atom. The molecule has 3 N–H and O–H groups in total. The number of aryl methyl sites for hydroxylation is 2. The van der Waals surface area contributed by atoms with E-state index in [1.54, 1.807) is 19.3 Å². The minimum atomic E-state index is -3.13.